The molecule has 8 heteroatoms. The maximum atomic E-state index is 12.3. The highest BCUT2D eigenvalue weighted by atomic mass is 79.9. The van der Waals surface area contributed by atoms with E-state index >= 15 is 0 Å². The van der Waals surface area contributed by atoms with Crippen LogP contribution in [0.4, 0.5) is 5.82 Å². The van der Waals surface area contributed by atoms with Crippen molar-refractivity contribution in [1.82, 2.24) is 9.55 Å². The number of carbonyl (C=O) groups is 1. The number of benzene rings is 1. The third-order valence-electron chi connectivity index (χ3n) is 4.21. The average molecular weight is 408 g/mol. The smallest absolute Gasteiger partial charge is 0.351 e. The summed E-state index contributed by atoms with van der Waals surface area (Å²) in [6, 6.07) is 8.67. The largest absolute Gasteiger partial charge is 0.394 e. The fraction of sp³-hybridized carbons (Fsp3) is 0.353. The number of rotatable bonds is 4. The Balaban J connectivity index is 1.81. The summed E-state index contributed by atoms with van der Waals surface area (Å²) in [4.78, 5) is 28.5. The second-order valence-corrected chi connectivity index (χ2v) is 6.83. The molecule has 0 saturated carbocycles. The van der Waals surface area contributed by atoms with Crippen LogP contribution in [0, 0.1) is 5.92 Å². The standard InChI is InChI=1S/C17H18BrN3O4/c1-10-7-14(25-13(10)9-22)21-8-12(18)15(20-17(21)24)19-16(23)11-5-3-2-4-6-11/h2-6,8,10,13-14,22H,7,9H2,1H3,(H,19,20,23,24). The number of halogens is 1. The van der Waals surface area contributed by atoms with Crippen LogP contribution in [-0.4, -0.2) is 33.3 Å². The Morgan fingerprint density at radius 2 is 2.16 bits per heavy atom. The van der Waals surface area contributed by atoms with Crippen molar-refractivity contribution in [3.63, 3.8) is 0 Å². The van der Waals surface area contributed by atoms with Gasteiger partial charge >= 0.3 is 5.69 Å². The Labute approximate surface area is 152 Å². The number of aromatic nitrogens is 2. The highest BCUT2D eigenvalue weighted by molar-refractivity contribution is 9.10. The minimum atomic E-state index is -0.526. The van der Waals surface area contributed by atoms with E-state index < -0.39 is 11.9 Å². The maximum Gasteiger partial charge on any atom is 0.351 e. The van der Waals surface area contributed by atoms with Crippen LogP contribution in [0.3, 0.4) is 0 Å². The molecule has 25 heavy (non-hydrogen) atoms. The number of carbonyl (C=O) groups excluding carboxylic acids is 1. The molecule has 0 aliphatic carbocycles. The summed E-state index contributed by atoms with van der Waals surface area (Å²) >= 11 is 3.33. The van der Waals surface area contributed by atoms with Gasteiger partial charge in [-0.15, -0.1) is 0 Å². The van der Waals surface area contributed by atoms with Gasteiger partial charge < -0.3 is 15.2 Å². The molecule has 7 nitrogen and oxygen atoms in total. The lowest BCUT2D eigenvalue weighted by Crippen LogP contribution is -2.29. The fourth-order valence-electron chi connectivity index (χ4n) is 2.77. The Morgan fingerprint density at radius 1 is 1.44 bits per heavy atom. The molecule has 132 valence electrons. The molecule has 1 amide bonds. The summed E-state index contributed by atoms with van der Waals surface area (Å²) < 4.78 is 7.54. The van der Waals surface area contributed by atoms with Crippen LogP contribution < -0.4 is 11.0 Å². The summed E-state index contributed by atoms with van der Waals surface area (Å²) in [7, 11) is 0. The summed E-state index contributed by atoms with van der Waals surface area (Å²) in [6.45, 7) is 1.87. The first-order valence-electron chi connectivity index (χ1n) is 7.91. The normalized spacial score (nSPS) is 22.8. The highest BCUT2D eigenvalue weighted by Gasteiger charge is 2.33. The van der Waals surface area contributed by atoms with Gasteiger partial charge in [0.1, 0.15) is 6.23 Å². The van der Waals surface area contributed by atoms with E-state index in [2.05, 4.69) is 26.2 Å². The SMILES string of the molecule is CC1CC(n2cc(Br)c(NC(=O)c3ccccc3)nc2=O)OC1CO. The Morgan fingerprint density at radius 3 is 2.80 bits per heavy atom. The molecule has 1 aliphatic rings. The molecule has 3 unspecified atom stereocenters. The minimum Gasteiger partial charge on any atom is -0.394 e. The average Bonchev–Trinajstić information content (AvgIpc) is 2.99. The number of aliphatic hydroxyl groups is 1. The van der Waals surface area contributed by atoms with Crippen molar-refractivity contribution in [2.24, 2.45) is 5.92 Å². The van der Waals surface area contributed by atoms with Crippen molar-refractivity contribution in [2.45, 2.75) is 25.7 Å². The van der Waals surface area contributed by atoms with Crippen LogP contribution in [0.15, 0.2) is 45.8 Å². The summed E-state index contributed by atoms with van der Waals surface area (Å²) in [6.07, 6.45) is 1.37. The highest BCUT2D eigenvalue weighted by Crippen LogP contribution is 2.32. The number of aliphatic hydroxyl groups excluding tert-OH is 1. The number of anilines is 1. The lowest BCUT2D eigenvalue weighted by Gasteiger charge is -2.16. The number of hydrogen-bond acceptors (Lipinski definition) is 5. The number of nitrogens with zero attached hydrogens (tertiary/aromatic N) is 2. The first-order chi connectivity index (χ1) is 12.0. The zero-order valence-electron chi connectivity index (χ0n) is 13.6. The van der Waals surface area contributed by atoms with Gasteiger partial charge in [0.05, 0.1) is 17.2 Å². The predicted molar refractivity (Wildman–Crippen MR) is 95.4 cm³/mol. The molecule has 0 radical (unpaired) electrons. The molecule has 1 aromatic heterocycles. The van der Waals surface area contributed by atoms with Crippen molar-refractivity contribution in [3.8, 4) is 0 Å². The molecule has 1 fully saturated rings. The van der Waals surface area contributed by atoms with Crippen molar-refractivity contribution in [1.29, 1.82) is 0 Å². The molecular formula is C17H18BrN3O4. The van der Waals surface area contributed by atoms with E-state index in [0.717, 1.165) is 0 Å². The zero-order chi connectivity index (χ0) is 18.0. The van der Waals surface area contributed by atoms with Crippen LogP contribution in [-0.2, 0) is 4.74 Å². The van der Waals surface area contributed by atoms with Crippen molar-refractivity contribution in [2.75, 3.05) is 11.9 Å². The van der Waals surface area contributed by atoms with Crippen LogP contribution in [0.2, 0.25) is 0 Å². The maximum absolute atomic E-state index is 12.3. The number of ether oxygens (including phenoxy) is 1. The molecular weight excluding hydrogens is 390 g/mol. The van der Waals surface area contributed by atoms with Gasteiger partial charge in [-0.1, -0.05) is 25.1 Å². The second-order valence-electron chi connectivity index (χ2n) is 5.97. The van der Waals surface area contributed by atoms with Crippen molar-refractivity contribution >= 4 is 27.7 Å². The molecule has 2 aromatic rings. The summed E-state index contributed by atoms with van der Waals surface area (Å²) in [5.41, 5.74) is -0.0542. The number of nitrogens with one attached hydrogen (secondary N) is 1. The zero-order valence-corrected chi connectivity index (χ0v) is 15.1. The van der Waals surface area contributed by atoms with Gasteiger partial charge in [0.2, 0.25) is 0 Å². The van der Waals surface area contributed by atoms with Crippen molar-refractivity contribution < 1.29 is 14.6 Å². The van der Waals surface area contributed by atoms with E-state index in [-0.39, 0.29) is 30.4 Å². The lowest BCUT2D eigenvalue weighted by atomic mass is 10.0. The third kappa shape index (κ3) is 3.81. The quantitative estimate of drug-likeness (QED) is 0.809. The van der Waals surface area contributed by atoms with Gasteiger partial charge in [-0.05, 0) is 40.4 Å². The lowest BCUT2D eigenvalue weighted by molar-refractivity contribution is -0.0313. The van der Waals surface area contributed by atoms with Gasteiger partial charge in [-0.3, -0.25) is 9.36 Å². The van der Waals surface area contributed by atoms with Gasteiger partial charge in [0, 0.05) is 11.8 Å². The van der Waals surface area contributed by atoms with Gasteiger partial charge in [0.15, 0.2) is 5.82 Å². The molecule has 1 aromatic carbocycles. The summed E-state index contributed by atoms with van der Waals surface area (Å²) in [5.74, 6) is -0.0602. The van der Waals surface area contributed by atoms with E-state index in [9.17, 15) is 14.7 Å². The Kier molecular flexibility index (Phi) is 5.31. The molecule has 0 spiro atoms. The third-order valence-corrected chi connectivity index (χ3v) is 4.79. The van der Waals surface area contributed by atoms with Crippen LogP contribution >= 0.6 is 15.9 Å². The van der Waals surface area contributed by atoms with Gasteiger partial charge in [-0.2, -0.15) is 4.98 Å². The Hall–Kier alpha value is -2.03. The second kappa shape index (κ2) is 7.47. The monoisotopic (exact) mass is 407 g/mol. The van der Waals surface area contributed by atoms with Crippen LogP contribution in [0.25, 0.3) is 0 Å². The molecule has 1 saturated heterocycles. The topological polar surface area (TPSA) is 93.5 Å². The van der Waals surface area contributed by atoms with E-state index in [1.165, 1.54) is 4.57 Å². The molecule has 3 rings (SSSR count). The summed E-state index contributed by atoms with van der Waals surface area (Å²) in [5, 5.41) is 11.9. The van der Waals surface area contributed by atoms with E-state index in [0.29, 0.717) is 16.5 Å². The van der Waals surface area contributed by atoms with E-state index in [4.69, 9.17) is 4.74 Å². The number of amides is 1. The molecule has 1 aliphatic heterocycles. The molecule has 2 N–H and O–H groups in total. The van der Waals surface area contributed by atoms with E-state index in [1.54, 1.807) is 30.5 Å². The van der Waals surface area contributed by atoms with Crippen LogP contribution in [0.1, 0.15) is 29.9 Å². The van der Waals surface area contributed by atoms with Gasteiger partial charge in [-0.25, -0.2) is 4.79 Å². The Bertz CT molecular complexity index is 824. The van der Waals surface area contributed by atoms with E-state index in [1.807, 2.05) is 13.0 Å². The van der Waals surface area contributed by atoms with Crippen LogP contribution in [0.5, 0.6) is 0 Å². The van der Waals surface area contributed by atoms with Crippen molar-refractivity contribution in [3.05, 3.63) is 57.0 Å². The first-order valence-corrected chi connectivity index (χ1v) is 8.70. The number of hydrogen-bond donors (Lipinski definition) is 2. The molecule has 2 heterocycles. The molecule has 0 bridgehead atoms. The fourth-order valence-corrected chi connectivity index (χ4v) is 3.18. The minimum absolute atomic E-state index is 0.0910. The van der Waals surface area contributed by atoms with Gasteiger partial charge in [0.25, 0.3) is 5.91 Å². The molecule has 3 atom stereocenters. The predicted octanol–water partition coefficient (Wildman–Crippen LogP) is 2.17. The first kappa shape index (κ1) is 17.8.